The standard InChI is InChI=1S/C13H12ClN3O3/c1-8-7-16(15-13(8)17(19)20)9(2)12(18)10-4-3-5-11(14)6-10/h3-7,9H,1-2H3. The fourth-order valence-electron chi connectivity index (χ4n) is 1.86. The summed E-state index contributed by atoms with van der Waals surface area (Å²) in [5.74, 6) is -0.444. The van der Waals surface area contributed by atoms with E-state index >= 15 is 0 Å². The van der Waals surface area contributed by atoms with Crippen LogP contribution in [0.4, 0.5) is 5.82 Å². The second kappa shape index (κ2) is 5.42. The Bertz CT molecular complexity index is 681. The Balaban J connectivity index is 2.31. The molecule has 1 aromatic heterocycles. The molecule has 2 rings (SSSR count). The van der Waals surface area contributed by atoms with Crippen LogP contribution in [-0.2, 0) is 0 Å². The number of aryl methyl sites for hydroxylation is 1. The van der Waals surface area contributed by atoms with Gasteiger partial charge in [-0.2, -0.15) is 4.68 Å². The maximum atomic E-state index is 12.3. The zero-order valence-corrected chi connectivity index (χ0v) is 11.7. The number of ketones is 1. The predicted octanol–water partition coefficient (Wildman–Crippen LogP) is 3.20. The van der Waals surface area contributed by atoms with Gasteiger partial charge in [0.25, 0.3) is 0 Å². The molecule has 0 amide bonds. The molecule has 0 saturated carbocycles. The second-order valence-corrected chi connectivity index (χ2v) is 4.86. The lowest BCUT2D eigenvalue weighted by molar-refractivity contribution is -0.390. The Labute approximate surface area is 120 Å². The van der Waals surface area contributed by atoms with Gasteiger partial charge >= 0.3 is 5.82 Å². The molecule has 1 atom stereocenters. The van der Waals surface area contributed by atoms with E-state index in [1.165, 1.54) is 10.9 Å². The number of halogens is 1. The van der Waals surface area contributed by atoms with Crippen LogP contribution in [0.2, 0.25) is 5.02 Å². The van der Waals surface area contributed by atoms with Gasteiger partial charge in [0.05, 0.1) is 16.9 Å². The number of Topliss-reactive ketones (excluding diaryl/α,β-unsaturated/α-hetero) is 1. The van der Waals surface area contributed by atoms with Crippen LogP contribution in [-0.4, -0.2) is 20.5 Å². The van der Waals surface area contributed by atoms with Crippen molar-refractivity contribution in [2.45, 2.75) is 19.9 Å². The van der Waals surface area contributed by atoms with Gasteiger partial charge < -0.3 is 10.1 Å². The molecular formula is C13H12ClN3O3. The first-order chi connectivity index (χ1) is 9.40. The zero-order chi connectivity index (χ0) is 14.9. The summed E-state index contributed by atoms with van der Waals surface area (Å²) in [6.07, 6.45) is 1.49. The van der Waals surface area contributed by atoms with E-state index in [1.54, 1.807) is 38.1 Å². The Kier molecular flexibility index (Phi) is 3.85. The summed E-state index contributed by atoms with van der Waals surface area (Å²) < 4.78 is 1.30. The molecule has 1 aromatic carbocycles. The summed E-state index contributed by atoms with van der Waals surface area (Å²) in [6.45, 7) is 3.22. The molecule has 0 aliphatic carbocycles. The molecule has 0 aliphatic rings. The molecule has 0 fully saturated rings. The van der Waals surface area contributed by atoms with Gasteiger partial charge in [-0.05, 0) is 30.9 Å². The van der Waals surface area contributed by atoms with E-state index in [9.17, 15) is 14.9 Å². The topological polar surface area (TPSA) is 78.0 Å². The Morgan fingerprint density at radius 2 is 2.20 bits per heavy atom. The van der Waals surface area contributed by atoms with Gasteiger partial charge in [0.2, 0.25) is 0 Å². The van der Waals surface area contributed by atoms with E-state index in [1.807, 2.05) is 0 Å². The summed E-state index contributed by atoms with van der Waals surface area (Å²) >= 11 is 5.85. The number of nitrogens with zero attached hydrogens (tertiary/aromatic N) is 3. The largest absolute Gasteiger partial charge is 0.392 e. The van der Waals surface area contributed by atoms with Crippen molar-refractivity contribution in [2.24, 2.45) is 0 Å². The number of nitro groups is 1. The number of rotatable bonds is 4. The number of hydrogen-bond acceptors (Lipinski definition) is 4. The zero-order valence-electron chi connectivity index (χ0n) is 10.9. The number of aromatic nitrogens is 2. The van der Waals surface area contributed by atoms with E-state index in [0.29, 0.717) is 16.1 Å². The van der Waals surface area contributed by atoms with Crippen LogP contribution in [0.3, 0.4) is 0 Å². The van der Waals surface area contributed by atoms with Gasteiger partial charge in [0, 0.05) is 10.6 Å². The first-order valence-electron chi connectivity index (χ1n) is 5.90. The van der Waals surface area contributed by atoms with Crippen molar-refractivity contribution >= 4 is 23.2 Å². The van der Waals surface area contributed by atoms with Gasteiger partial charge in [-0.25, -0.2) is 0 Å². The minimum absolute atomic E-state index is 0.204. The highest BCUT2D eigenvalue weighted by molar-refractivity contribution is 6.31. The first kappa shape index (κ1) is 14.2. The molecule has 1 unspecified atom stereocenters. The number of benzene rings is 1. The van der Waals surface area contributed by atoms with Crippen molar-refractivity contribution in [3.63, 3.8) is 0 Å². The summed E-state index contributed by atoms with van der Waals surface area (Å²) in [5.41, 5.74) is 0.863. The molecule has 0 radical (unpaired) electrons. The molecule has 20 heavy (non-hydrogen) atoms. The van der Waals surface area contributed by atoms with Gasteiger partial charge in [-0.1, -0.05) is 23.7 Å². The molecule has 0 bridgehead atoms. The lowest BCUT2D eigenvalue weighted by Gasteiger charge is -2.08. The molecule has 0 aliphatic heterocycles. The molecule has 0 saturated heterocycles. The van der Waals surface area contributed by atoms with Crippen molar-refractivity contribution in [1.82, 2.24) is 9.78 Å². The van der Waals surface area contributed by atoms with E-state index < -0.39 is 11.0 Å². The minimum atomic E-state index is -0.638. The second-order valence-electron chi connectivity index (χ2n) is 4.42. The lowest BCUT2D eigenvalue weighted by atomic mass is 10.1. The number of carbonyl (C=O) groups is 1. The molecule has 1 heterocycles. The molecule has 7 heteroatoms. The van der Waals surface area contributed by atoms with Crippen molar-refractivity contribution in [3.05, 3.63) is 56.7 Å². The van der Waals surface area contributed by atoms with E-state index in [2.05, 4.69) is 5.10 Å². The fraction of sp³-hybridized carbons (Fsp3) is 0.231. The highest BCUT2D eigenvalue weighted by atomic mass is 35.5. The van der Waals surface area contributed by atoms with E-state index in [-0.39, 0.29) is 11.6 Å². The first-order valence-corrected chi connectivity index (χ1v) is 6.28. The predicted molar refractivity (Wildman–Crippen MR) is 74.1 cm³/mol. The fourth-order valence-corrected chi connectivity index (χ4v) is 2.05. The molecule has 0 N–H and O–H groups in total. The van der Waals surface area contributed by atoms with Gasteiger partial charge in [0.1, 0.15) is 6.04 Å². The lowest BCUT2D eigenvalue weighted by Crippen LogP contribution is -2.17. The van der Waals surface area contributed by atoms with Gasteiger partial charge in [-0.15, -0.1) is 0 Å². The monoisotopic (exact) mass is 293 g/mol. The highest BCUT2D eigenvalue weighted by Crippen LogP contribution is 2.21. The van der Waals surface area contributed by atoms with Gasteiger partial charge in [-0.3, -0.25) is 4.79 Å². The summed E-state index contributed by atoms with van der Waals surface area (Å²) in [4.78, 5) is 22.5. The van der Waals surface area contributed by atoms with Crippen molar-refractivity contribution in [3.8, 4) is 0 Å². The Morgan fingerprint density at radius 3 is 2.75 bits per heavy atom. The number of hydrogen-bond donors (Lipinski definition) is 0. The van der Waals surface area contributed by atoms with Crippen LogP contribution in [0.25, 0.3) is 0 Å². The third kappa shape index (κ3) is 2.70. The average Bonchev–Trinajstić information content (AvgIpc) is 2.79. The van der Waals surface area contributed by atoms with Crippen LogP contribution < -0.4 is 0 Å². The SMILES string of the molecule is Cc1cn(C(C)C(=O)c2cccc(Cl)c2)nc1[N+](=O)[O-]. The van der Waals surface area contributed by atoms with E-state index in [4.69, 9.17) is 11.6 Å². The quantitative estimate of drug-likeness (QED) is 0.492. The van der Waals surface area contributed by atoms with Crippen LogP contribution in [0.1, 0.15) is 28.9 Å². The van der Waals surface area contributed by atoms with Crippen LogP contribution in [0, 0.1) is 17.0 Å². The number of carbonyl (C=O) groups excluding carboxylic acids is 1. The molecule has 2 aromatic rings. The Morgan fingerprint density at radius 1 is 1.50 bits per heavy atom. The molecule has 0 spiro atoms. The summed E-state index contributed by atoms with van der Waals surface area (Å²) in [5, 5.41) is 15.1. The molecular weight excluding hydrogens is 282 g/mol. The van der Waals surface area contributed by atoms with Crippen LogP contribution in [0.5, 0.6) is 0 Å². The normalized spacial score (nSPS) is 12.2. The highest BCUT2D eigenvalue weighted by Gasteiger charge is 2.25. The third-order valence-corrected chi connectivity index (χ3v) is 3.18. The Hall–Kier alpha value is -2.21. The average molecular weight is 294 g/mol. The van der Waals surface area contributed by atoms with E-state index in [0.717, 1.165) is 0 Å². The maximum absolute atomic E-state index is 12.3. The van der Waals surface area contributed by atoms with Gasteiger partial charge in [0.15, 0.2) is 5.78 Å². The van der Waals surface area contributed by atoms with Crippen molar-refractivity contribution < 1.29 is 9.72 Å². The smallest absolute Gasteiger partial charge is 0.358 e. The van der Waals surface area contributed by atoms with Crippen molar-refractivity contribution in [1.29, 1.82) is 0 Å². The minimum Gasteiger partial charge on any atom is -0.358 e. The maximum Gasteiger partial charge on any atom is 0.392 e. The molecule has 6 nitrogen and oxygen atoms in total. The summed E-state index contributed by atoms with van der Waals surface area (Å²) in [6, 6.07) is 5.92. The molecule has 104 valence electrons. The van der Waals surface area contributed by atoms with Crippen LogP contribution in [0.15, 0.2) is 30.5 Å². The third-order valence-electron chi connectivity index (χ3n) is 2.95. The van der Waals surface area contributed by atoms with Crippen molar-refractivity contribution in [2.75, 3.05) is 0 Å². The van der Waals surface area contributed by atoms with Crippen LogP contribution >= 0.6 is 11.6 Å². The summed E-state index contributed by atoms with van der Waals surface area (Å²) in [7, 11) is 0.